The van der Waals surface area contributed by atoms with Crippen LogP contribution in [0.3, 0.4) is 0 Å². The molecule has 1 aromatic rings. The molecule has 1 spiro atoms. The van der Waals surface area contributed by atoms with E-state index in [0.717, 1.165) is 5.78 Å². The molecule has 0 radical (unpaired) electrons. The van der Waals surface area contributed by atoms with Gasteiger partial charge in [0.25, 0.3) is 0 Å². The number of aromatic nitrogens is 2. The van der Waals surface area contributed by atoms with Crippen molar-refractivity contribution < 1.29 is 11.3 Å². The SMILES string of the molecule is CC(=O)[C]12[CH]3[CH]4[CH]5[CH]1[Fe]45321678[CH]2[CH]1[CH]6[CH]7[CH]28.Nc1nncs1. The molecule has 20 heavy (non-hydrogen) atoms. The van der Waals surface area contributed by atoms with Gasteiger partial charge in [-0.1, -0.05) is 11.3 Å². The van der Waals surface area contributed by atoms with Crippen molar-refractivity contribution in [1.82, 2.24) is 10.2 Å². The molecule has 10 aliphatic rings. The van der Waals surface area contributed by atoms with Gasteiger partial charge >= 0.3 is 71.7 Å². The fourth-order valence-corrected chi connectivity index (χ4v) is 92.2. The van der Waals surface area contributed by atoms with Crippen LogP contribution in [0.25, 0.3) is 0 Å². The van der Waals surface area contributed by atoms with Crippen molar-refractivity contribution in [2.24, 2.45) is 0 Å². The first-order chi connectivity index (χ1) is 9.38. The number of nitrogens with zero attached hydrogens (tertiary/aromatic N) is 2. The Morgan fingerprint density at radius 2 is 1.75 bits per heavy atom. The number of fused-ring (bicyclic) bond motifs is 10. The average molecular weight is 329 g/mol. The standard InChI is InChI=1S/C7H7O.C5H5.C2H3N3S.Fe/c1-6(8)7-4-2-3-5-7;1-2-4-5-3-1;3-2-5-4-1-6-2;/h2-5H,1H3;1-5H;1H,(H2,3,5);. The molecule has 4 nitrogen and oxygen atoms in total. The summed E-state index contributed by atoms with van der Waals surface area (Å²) in [7, 11) is 0. The minimum Gasteiger partial charge on any atom is -0.374 e. The third kappa shape index (κ3) is 0.0945. The average Bonchev–Trinajstić information content (AvgIpc) is 3.30. The molecular formula is C14H15FeN3OS. The smallest absolute Gasteiger partial charge is 0.202 e. The monoisotopic (exact) mass is 329 g/mol. The maximum atomic E-state index is 12.2. The van der Waals surface area contributed by atoms with Crippen molar-refractivity contribution in [3.05, 3.63) is 5.51 Å². The van der Waals surface area contributed by atoms with Crippen LogP contribution in [0.15, 0.2) is 5.51 Å². The minimum absolute atomic E-state index is 0.523. The summed E-state index contributed by atoms with van der Waals surface area (Å²) < 4.78 is 0.555. The van der Waals surface area contributed by atoms with Crippen LogP contribution >= 0.6 is 11.3 Å². The Bertz CT molecular complexity index is 1090. The largest absolute Gasteiger partial charge is 0.374 e. The first kappa shape index (κ1) is 8.25. The molecule has 0 aliphatic carbocycles. The Morgan fingerprint density at radius 1 is 1.20 bits per heavy atom. The number of rotatable bonds is 1. The zero-order valence-corrected chi connectivity index (χ0v) is 12.8. The van der Waals surface area contributed by atoms with Gasteiger partial charge in [-0.2, -0.15) is 0 Å². The number of Topliss-reactive ketones (excluding diaryl/α,β-unsaturated/α-hetero) is 1. The fourth-order valence-electron chi connectivity index (χ4n) is 17.4. The van der Waals surface area contributed by atoms with Gasteiger partial charge in [-0.05, 0) is 0 Å². The summed E-state index contributed by atoms with van der Waals surface area (Å²) in [6.45, 7) is -0.952. The third-order valence-electron chi connectivity index (χ3n) is 15.6. The number of carbonyl (C=O) groups excluding carboxylic acids is 1. The molecule has 0 bridgehead atoms. The fraction of sp³-hybridized carbons (Fsp3) is 0.786. The van der Waals surface area contributed by atoms with Crippen LogP contribution in [-0.2, 0) is 11.3 Å². The Labute approximate surface area is 109 Å². The molecule has 1 aromatic heterocycles. The van der Waals surface area contributed by atoms with Gasteiger partial charge in [0, 0.05) is 0 Å². The van der Waals surface area contributed by atoms with E-state index in [0.29, 0.717) is 9.44 Å². The van der Waals surface area contributed by atoms with Gasteiger partial charge < -0.3 is 5.73 Å². The van der Waals surface area contributed by atoms with Crippen molar-refractivity contribution >= 4 is 22.3 Å². The molecule has 0 amide bonds. The Morgan fingerprint density at radius 3 is 1.85 bits per heavy atom. The van der Waals surface area contributed by atoms with E-state index in [-0.39, 0.29) is 0 Å². The van der Waals surface area contributed by atoms with E-state index in [9.17, 15) is 4.79 Å². The molecule has 0 aromatic carbocycles. The topological polar surface area (TPSA) is 68.9 Å². The number of nitrogen functional groups attached to an aromatic ring is 1. The van der Waals surface area contributed by atoms with Crippen molar-refractivity contribution in [2.45, 2.75) is 54.6 Å². The summed E-state index contributed by atoms with van der Waals surface area (Å²) in [5.41, 5.74) is 6.72. The molecular weight excluding hydrogens is 314 g/mol. The Hall–Kier alpha value is -0.451. The van der Waals surface area contributed by atoms with E-state index in [2.05, 4.69) is 10.2 Å². The summed E-state index contributed by atoms with van der Waals surface area (Å²) in [4.78, 5) is 23.9. The summed E-state index contributed by atoms with van der Waals surface area (Å²) in [5.74, 6) is 0.726. The van der Waals surface area contributed by atoms with E-state index in [1.54, 1.807) is 5.51 Å². The second-order valence-electron chi connectivity index (χ2n) is 11.0. The maximum absolute atomic E-state index is 12.2. The Kier molecular flexibility index (Phi) is 0.308. The van der Waals surface area contributed by atoms with E-state index < -0.39 is 6.51 Å². The van der Waals surface area contributed by atoms with Crippen molar-refractivity contribution in [1.29, 1.82) is 0 Å². The number of anilines is 1. The second kappa shape index (κ2) is 0.745. The quantitative estimate of drug-likeness (QED) is 0.801. The van der Waals surface area contributed by atoms with Crippen LogP contribution in [0.2, 0.25) is 47.7 Å². The molecule has 11 rings (SSSR count). The van der Waals surface area contributed by atoms with Gasteiger partial charge in [0.1, 0.15) is 5.51 Å². The number of hydrogen-bond donors (Lipinski definition) is 1. The van der Waals surface area contributed by atoms with Gasteiger partial charge in [-0.15, -0.1) is 10.2 Å². The maximum Gasteiger partial charge on any atom is 0.202 e. The van der Waals surface area contributed by atoms with Crippen LogP contribution in [0.1, 0.15) is 6.92 Å². The molecule has 10 aliphatic heterocycles. The van der Waals surface area contributed by atoms with Crippen LogP contribution < -0.4 is 5.73 Å². The third-order valence-corrected chi connectivity index (χ3v) is 58.5. The molecule has 6 heteroatoms. The zero-order valence-electron chi connectivity index (χ0n) is 10.9. The van der Waals surface area contributed by atoms with Crippen molar-refractivity contribution in [3.8, 4) is 0 Å². The first-order valence-corrected chi connectivity index (χ1v) is 14.8. The zero-order chi connectivity index (χ0) is 13.0. The van der Waals surface area contributed by atoms with E-state index in [1.165, 1.54) is 54.7 Å². The molecule has 4 unspecified atom stereocenters. The van der Waals surface area contributed by atoms with Crippen LogP contribution in [0, 0.1) is 0 Å². The van der Waals surface area contributed by atoms with E-state index in [1.807, 2.05) is 6.92 Å². The number of nitrogens with two attached hydrogens (primary N) is 1. The van der Waals surface area contributed by atoms with Gasteiger partial charge in [0.05, 0.1) is 0 Å². The molecule has 10 saturated heterocycles. The predicted octanol–water partition coefficient (Wildman–Crippen LogP) is 3.46. The molecule has 0 saturated carbocycles. The van der Waals surface area contributed by atoms with Crippen molar-refractivity contribution in [3.63, 3.8) is 0 Å². The van der Waals surface area contributed by atoms with Gasteiger partial charge in [0.15, 0.2) is 0 Å². The van der Waals surface area contributed by atoms with E-state index in [4.69, 9.17) is 5.73 Å². The molecule has 11 heterocycles. The van der Waals surface area contributed by atoms with Gasteiger partial charge in [-0.25, -0.2) is 0 Å². The van der Waals surface area contributed by atoms with Gasteiger partial charge in [0.2, 0.25) is 5.13 Å². The summed E-state index contributed by atoms with van der Waals surface area (Å²) in [5, 5.41) is 7.45. The van der Waals surface area contributed by atoms with Gasteiger partial charge in [-0.3, -0.25) is 0 Å². The normalized spacial score (nSPS) is 102. The Balaban J connectivity index is 0.000000112. The first-order valence-electron chi connectivity index (χ1n) is 7.62. The molecule has 106 valence electrons. The minimum atomic E-state index is -2.94. The number of carbonyl (C=O) groups is 1. The van der Waals surface area contributed by atoms with Crippen LogP contribution in [-0.4, -0.2) is 16.0 Å². The number of ketones is 1. The van der Waals surface area contributed by atoms with Crippen LogP contribution in [0.5, 0.6) is 0 Å². The summed E-state index contributed by atoms with van der Waals surface area (Å²) >= 11 is 1.33. The molecule has 10 fully saturated rings. The molecule has 2 N–H and O–H groups in total. The van der Waals surface area contributed by atoms with Crippen LogP contribution in [0.4, 0.5) is 5.13 Å². The predicted molar refractivity (Wildman–Crippen MR) is 71.4 cm³/mol. The summed E-state index contributed by atoms with van der Waals surface area (Å²) in [6.07, 6.45) is 0. The van der Waals surface area contributed by atoms with E-state index >= 15 is 0 Å². The second-order valence-corrected chi connectivity index (χ2v) is 35.4. The number of hydrogen-bond acceptors (Lipinski definition) is 5. The van der Waals surface area contributed by atoms with Crippen molar-refractivity contribution in [2.75, 3.05) is 5.73 Å². The summed E-state index contributed by atoms with van der Waals surface area (Å²) in [6, 6.07) is 0. The molecule has 4 atom stereocenters.